The van der Waals surface area contributed by atoms with Crippen LogP contribution in [0.2, 0.25) is 0 Å². The zero-order valence-electron chi connectivity index (χ0n) is 20.5. The topological polar surface area (TPSA) is 74.6 Å². The Morgan fingerprint density at radius 1 is 0.600 bits per heavy atom. The summed E-state index contributed by atoms with van der Waals surface area (Å²) >= 11 is 0. The highest BCUT2D eigenvalue weighted by Gasteiger charge is 2.10. The molecular formula is C24H53O4P2+. The predicted octanol–water partition coefficient (Wildman–Crippen LogP) is 7.67. The largest absolute Gasteiger partial charge is 0.392 e. The minimum absolute atomic E-state index is 0.0464. The third-order valence-corrected chi connectivity index (χ3v) is 8.04. The molecule has 0 saturated heterocycles. The Balaban J connectivity index is 0. The summed E-state index contributed by atoms with van der Waals surface area (Å²) in [6.45, 7) is 6.02. The molecule has 0 aromatic carbocycles. The second-order valence-corrected chi connectivity index (χ2v) is 14.4. The van der Waals surface area contributed by atoms with E-state index in [4.69, 9.17) is 10.2 Å². The van der Waals surface area contributed by atoms with Crippen LogP contribution in [0.25, 0.3) is 0 Å². The number of aliphatic hydroxyl groups is 2. The summed E-state index contributed by atoms with van der Waals surface area (Å²) in [6, 6.07) is 0. The molecule has 0 aromatic rings. The van der Waals surface area contributed by atoms with Gasteiger partial charge in [0.1, 0.15) is 0 Å². The molecule has 0 unspecified atom stereocenters. The number of hydrogen-bond donors (Lipinski definition) is 2. The van der Waals surface area contributed by atoms with Gasteiger partial charge in [-0.3, -0.25) is 0 Å². The molecule has 0 amide bonds. The lowest BCUT2D eigenvalue weighted by Gasteiger charge is -2.06. The quantitative estimate of drug-likeness (QED) is 0.134. The number of unbranched alkanes of at least 4 members (excludes halogenated alkanes) is 15. The maximum Gasteiger partial charge on any atom is 0.343 e. The summed E-state index contributed by atoms with van der Waals surface area (Å²) in [6.07, 6.45) is 24.0. The lowest BCUT2D eigenvalue weighted by atomic mass is 10.0. The Morgan fingerprint density at radius 2 is 0.900 bits per heavy atom. The monoisotopic (exact) mass is 467 g/mol. The highest BCUT2D eigenvalue weighted by atomic mass is 31.2. The van der Waals surface area contributed by atoms with Crippen molar-refractivity contribution >= 4 is 14.9 Å². The molecule has 0 fully saturated rings. The molecule has 2 N–H and O–H groups in total. The summed E-state index contributed by atoms with van der Waals surface area (Å²) < 4.78 is 22.0. The van der Waals surface area contributed by atoms with Crippen LogP contribution < -0.4 is 0 Å². The van der Waals surface area contributed by atoms with Crippen LogP contribution in [0.15, 0.2) is 0 Å². The SMILES string of the molecule is CCCCCCCCCCCCCCCCCCP(C)(C)=O.O=[P+](CCO)CCO. The second-order valence-electron chi connectivity index (χ2n) is 8.98. The Hall–Kier alpha value is 0.250. The summed E-state index contributed by atoms with van der Waals surface area (Å²) in [5, 5.41) is 16.4. The first-order chi connectivity index (χ1) is 14.4. The van der Waals surface area contributed by atoms with Crippen molar-refractivity contribution in [3.8, 4) is 0 Å². The predicted molar refractivity (Wildman–Crippen MR) is 135 cm³/mol. The minimum Gasteiger partial charge on any atom is -0.392 e. The van der Waals surface area contributed by atoms with Gasteiger partial charge in [-0.2, -0.15) is 0 Å². The van der Waals surface area contributed by atoms with Gasteiger partial charge in [0.25, 0.3) is 0 Å². The molecule has 0 bridgehead atoms. The Labute approximate surface area is 189 Å². The lowest BCUT2D eigenvalue weighted by molar-refractivity contribution is 0.313. The van der Waals surface area contributed by atoms with Crippen LogP contribution in [0.5, 0.6) is 0 Å². The van der Waals surface area contributed by atoms with Crippen LogP contribution >= 0.6 is 14.9 Å². The maximum absolute atomic E-state index is 11.6. The van der Waals surface area contributed by atoms with Gasteiger partial charge in [0.15, 0.2) is 12.3 Å². The van der Waals surface area contributed by atoms with Gasteiger partial charge in [0.05, 0.1) is 20.4 Å². The van der Waals surface area contributed by atoms with Crippen LogP contribution in [0.4, 0.5) is 0 Å². The zero-order chi connectivity index (χ0) is 22.9. The van der Waals surface area contributed by atoms with E-state index in [0.717, 1.165) is 6.16 Å². The second kappa shape index (κ2) is 25.5. The molecule has 0 spiro atoms. The van der Waals surface area contributed by atoms with Crippen LogP contribution in [0.1, 0.15) is 110 Å². The normalized spacial score (nSPS) is 11.2. The van der Waals surface area contributed by atoms with Crippen LogP contribution in [0.3, 0.4) is 0 Å². The molecule has 4 nitrogen and oxygen atoms in total. The highest BCUT2D eigenvalue weighted by Crippen LogP contribution is 2.36. The first kappa shape index (κ1) is 32.4. The van der Waals surface area contributed by atoms with Gasteiger partial charge < -0.3 is 14.8 Å². The fourth-order valence-electron chi connectivity index (χ4n) is 3.38. The molecule has 0 heterocycles. The van der Waals surface area contributed by atoms with Crippen molar-refractivity contribution in [2.75, 3.05) is 45.0 Å². The van der Waals surface area contributed by atoms with Gasteiger partial charge in [-0.1, -0.05) is 108 Å². The van der Waals surface area contributed by atoms with Crippen molar-refractivity contribution in [2.24, 2.45) is 0 Å². The Bertz CT molecular complexity index is 389. The van der Waals surface area contributed by atoms with E-state index in [2.05, 4.69) is 6.92 Å². The molecule has 0 aliphatic heterocycles. The van der Waals surface area contributed by atoms with Crippen molar-refractivity contribution in [1.29, 1.82) is 0 Å². The van der Waals surface area contributed by atoms with Crippen molar-refractivity contribution < 1.29 is 19.3 Å². The van der Waals surface area contributed by atoms with Crippen molar-refractivity contribution in [3.63, 3.8) is 0 Å². The van der Waals surface area contributed by atoms with E-state index < -0.39 is 14.9 Å². The van der Waals surface area contributed by atoms with Crippen molar-refractivity contribution in [1.82, 2.24) is 0 Å². The number of hydrogen-bond acceptors (Lipinski definition) is 4. The molecule has 30 heavy (non-hydrogen) atoms. The summed E-state index contributed by atoms with van der Waals surface area (Å²) in [5.41, 5.74) is 0. The van der Waals surface area contributed by atoms with E-state index in [1.807, 2.05) is 13.3 Å². The third-order valence-electron chi connectivity index (χ3n) is 5.25. The average Bonchev–Trinajstić information content (AvgIpc) is 2.68. The van der Waals surface area contributed by atoms with Crippen LogP contribution in [-0.2, 0) is 9.13 Å². The molecule has 0 aliphatic carbocycles. The Kier molecular flexibility index (Phi) is 27.6. The third kappa shape index (κ3) is 32.9. The standard InChI is InChI=1S/C20H43OP.C4H10O3P/c1-4-5-6-7-8-9-10-11-12-13-14-15-16-17-18-19-20-22(2,3)21;5-1-3-8(7)4-2-6/h4-20H2,1-3H3;5-6H,1-4H2/q;+1. The molecule has 182 valence electrons. The molecule has 0 saturated carbocycles. The van der Waals surface area contributed by atoms with Gasteiger partial charge >= 0.3 is 7.80 Å². The molecular weight excluding hydrogens is 414 g/mol. The fraction of sp³-hybridized carbons (Fsp3) is 1.00. The van der Waals surface area contributed by atoms with E-state index in [9.17, 15) is 9.13 Å². The molecule has 0 radical (unpaired) electrons. The van der Waals surface area contributed by atoms with Gasteiger partial charge in [-0.15, -0.1) is 0 Å². The Morgan fingerprint density at radius 3 is 1.17 bits per heavy atom. The van der Waals surface area contributed by atoms with E-state index in [1.54, 1.807) is 0 Å². The maximum atomic E-state index is 11.6. The molecule has 0 atom stereocenters. The molecule has 0 rings (SSSR count). The fourth-order valence-corrected chi connectivity index (χ4v) is 5.03. The summed E-state index contributed by atoms with van der Waals surface area (Å²) in [4.78, 5) is 0. The van der Waals surface area contributed by atoms with Crippen LogP contribution in [0, 0.1) is 0 Å². The summed E-state index contributed by atoms with van der Waals surface area (Å²) in [5.74, 6) is 0. The van der Waals surface area contributed by atoms with Crippen molar-refractivity contribution in [2.45, 2.75) is 110 Å². The molecule has 0 aromatic heterocycles. The van der Waals surface area contributed by atoms with E-state index in [0.29, 0.717) is 12.3 Å². The van der Waals surface area contributed by atoms with Crippen molar-refractivity contribution in [3.05, 3.63) is 0 Å². The minimum atomic E-state index is -1.75. The highest BCUT2D eigenvalue weighted by molar-refractivity contribution is 7.62. The van der Waals surface area contributed by atoms with Gasteiger partial charge in [-0.05, 0) is 19.8 Å². The molecule has 6 heteroatoms. The lowest BCUT2D eigenvalue weighted by Crippen LogP contribution is -1.91. The summed E-state index contributed by atoms with van der Waals surface area (Å²) in [7, 11) is -3.08. The van der Waals surface area contributed by atoms with Crippen LogP contribution in [-0.4, -0.2) is 55.2 Å². The van der Waals surface area contributed by atoms with Gasteiger partial charge in [0.2, 0.25) is 0 Å². The molecule has 0 aliphatic rings. The average molecular weight is 468 g/mol. The number of rotatable bonds is 21. The number of aliphatic hydroxyl groups excluding tert-OH is 2. The van der Waals surface area contributed by atoms with E-state index in [-0.39, 0.29) is 13.2 Å². The van der Waals surface area contributed by atoms with E-state index >= 15 is 0 Å². The van der Waals surface area contributed by atoms with E-state index in [1.165, 1.54) is 103 Å². The zero-order valence-corrected chi connectivity index (χ0v) is 22.2. The first-order valence-electron chi connectivity index (χ1n) is 12.5. The first-order valence-corrected chi connectivity index (χ1v) is 17.0. The van der Waals surface area contributed by atoms with Gasteiger partial charge in [0, 0.05) is 6.16 Å². The van der Waals surface area contributed by atoms with Gasteiger partial charge in [-0.25, -0.2) is 0 Å². The smallest absolute Gasteiger partial charge is 0.343 e.